The zero-order valence-electron chi connectivity index (χ0n) is 15.0. The van der Waals surface area contributed by atoms with Gasteiger partial charge in [-0.1, -0.05) is 18.2 Å². The van der Waals surface area contributed by atoms with Crippen molar-refractivity contribution in [1.29, 1.82) is 0 Å². The monoisotopic (exact) mass is 387 g/mol. The highest BCUT2D eigenvalue weighted by Crippen LogP contribution is 2.17. The number of hydrogen-bond donors (Lipinski definition) is 1. The van der Waals surface area contributed by atoms with Gasteiger partial charge in [0.1, 0.15) is 11.6 Å². The van der Waals surface area contributed by atoms with Crippen LogP contribution in [0.4, 0.5) is 14.5 Å². The summed E-state index contributed by atoms with van der Waals surface area (Å²) in [5.41, 5.74) is 0.409. The molecule has 2 amide bonds. The zero-order chi connectivity index (χ0) is 20.1. The molecule has 0 bridgehead atoms. The maximum Gasteiger partial charge on any atom is 0.292 e. The molecular formula is C20H19F2N3O3. The molecule has 0 radical (unpaired) electrons. The van der Waals surface area contributed by atoms with E-state index in [0.717, 1.165) is 11.8 Å². The second-order valence-corrected chi connectivity index (χ2v) is 6.34. The van der Waals surface area contributed by atoms with Crippen LogP contribution in [0.1, 0.15) is 10.4 Å². The highest BCUT2D eigenvalue weighted by Gasteiger charge is 2.24. The average Bonchev–Trinajstić information content (AvgIpc) is 2.71. The average molecular weight is 387 g/mol. The minimum Gasteiger partial charge on any atom is -0.368 e. The van der Waals surface area contributed by atoms with Crippen LogP contribution in [0.15, 0.2) is 48.5 Å². The molecule has 6 nitrogen and oxygen atoms in total. The van der Waals surface area contributed by atoms with Crippen LogP contribution >= 0.6 is 0 Å². The molecule has 1 heterocycles. The third kappa shape index (κ3) is 4.51. The van der Waals surface area contributed by atoms with Gasteiger partial charge in [0.05, 0.1) is 12.1 Å². The van der Waals surface area contributed by atoms with E-state index >= 15 is 0 Å². The summed E-state index contributed by atoms with van der Waals surface area (Å²) in [5.74, 6) is -3.51. The normalized spacial score (nSPS) is 13.9. The Hall–Kier alpha value is -3.29. The third-order valence-electron chi connectivity index (χ3n) is 4.53. The molecule has 0 saturated carbocycles. The van der Waals surface area contributed by atoms with E-state index in [9.17, 15) is 23.2 Å². The van der Waals surface area contributed by atoms with Gasteiger partial charge in [0, 0.05) is 31.9 Å². The minimum atomic E-state index is -1.03. The van der Waals surface area contributed by atoms with E-state index < -0.39 is 17.5 Å². The maximum absolute atomic E-state index is 13.6. The number of carbonyl (C=O) groups excluding carboxylic acids is 3. The summed E-state index contributed by atoms with van der Waals surface area (Å²) >= 11 is 0. The Bertz CT molecular complexity index is 896. The molecule has 0 aromatic heterocycles. The van der Waals surface area contributed by atoms with E-state index in [4.69, 9.17) is 0 Å². The summed E-state index contributed by atoms with van der Waals surface area (Å²) in [7, 11) is 0. The van der Waals surface area contributed by atoms with Gasteiger partial charge < -0.3 is 15.1 Å². The molecule has 1 saturated heterocycles. The number of rotatable bonds is 5. The number of piperazine rings is 1. The molecule has 1 aliphatic heterocycles. The smallest absolute Gasteiger partial charge is 0.292 e. The summed E-state index contributed by atoms with van der Waals surface area (Å²) in [6.45, 7) is 1.52. The second-order valence-electron chi connectivity index (χ2n) is 6.34. The Morgan fingerprint density at radius 3 is 2.32 bits per heavy atom. The number of nitrogens with one attached hydrogen (secondary N) is 1. The van der Waals surface area contributed by atoms with Crippen molar-refractivity contribution in [2.45, 2.75) is 0 Å². The second kappa shape index (κ2) is 8.60. The van der Waals surface area contributed by atoms with E-state index in [0.29, 0.717) is 26.2 Å². The Labute approximate surface area is 160 Å². The van der Waals surface area contributed by atoms with Crippen LogP contribution in [-0.4, -0.2) is 55.2 Å². The van der Waals surface area contributed by atoms with Gasteiger partial charge in [0.25, 0.3) is 11.7 Å². The van der Waals surface area contributed by atoms with Gasteiger partial charge >= 0.3 is 0 Å². The topological polar surface area (TPSA) is 69.7 Å². The Balaban J connectivity index is 1.49. The molecule has 2 aromatic carbocycles. The number of Topliss-reactive ketones (excluding diaryl/α,β-unsaturated/α-hetero) is 1. The summed E-state index contributed by atoms with van der Waals surface area (Å²) in [5, 5.41) is 2.25. The fourth-order valence-electron chi connectivity index (χ4n) is 3.00. The summed E-state index contributed by atoms with van der Waals surface area (Å²) in [6, 6.07) is 11.4. The van der Waals surface area contributed by atoms with Gasteiger partial charge in [-0.2, -0.15) is 0 Å². The lowest BCUT2D eigenvalue weighted by Crippen LogP contribution is -2.51. The number of carbonyl (C=O) groups is 3. The SMILES string of the molecule is O=C(NCC(=O)N1CCN(c2cccc(F)c2)CC1)C(=O)c1ccccc1F. The number of hydrogen-bond acceptors (Lipinski definition) is 4. The molecule has 0 unspecified atom stereocenters. The summed E-state index contributed by atoms with van der Waals surface area (Å²) in [4.78, 5) is 39.7. The van der Waals surface area contributed by atoms with Crippen molar-refractivity contribution in [1.82, 2.24) is 10.2 Å². The molecule has 28 heavy (non-hydrogen) atoms. The first kappa shape index (κ1) is 19.5. The lowest BCUT2D eigenvalue weighted by Gasteiger charge is -2.36. The van der Waals surface area contributed by atoms with Crippen molar-refractivity contribution >= 4 is 23.3 Å². The predicted molar refractivity (Wildman–Crippen MR) is 98.9 cm³/mol. The molecule has 8 heteroatoms. The molecule has 0 atom stereocenters. The van der Waals surface area contributed by atoms with E-state index in [1.165, 1.54) is 30.3 Å². The molecule has 1 N–H and O–H groups in total. The van der Waals surface area contributed by atoms with Gasteiger partial charge in [0.15, 0.2) is 0 Å². The first-order chi connectivity index (χ1) is 13.5. The number of anilines is 1. The number of amides is 2. The van der Waals surface area contributed by atoms with Gasteiger partial charge in [-0.3, -0.25) is 14.4 Å². The first-order valence-corrected chi connectivity index (χ1v) is 8.81. The van der Waals surface area contributed by atoms with Crippen molar-refractivity contribution in [3.8, 4) is 0 Å². The van der Waals surface area contributed by atoms with Crippen LogP contribution in [-0.2, 0) is 9.59 Å². The number of halogens is 2. The maximum atomic E-state index is 13.6. The quantitative estimate of drug-likeness (QED) is 0.625. The summed E-state index contributed by atoms with van der Waals surface area (Å²) in [6.07, 6.45) is 0. The molecule has 0 spiro atoms. The number of benzene rings is 2. The molecule has 3 rings (SSSR count). The number of ketones is 1. The molecule has 0 aliphatic carbocycles. The Kier molecular flexibility index (Phi) is 5.98. The fourth-order valence-corrected chi connectivity index (χ4v) is 3.00. The molecule has 1 aliphatic rings. The largest absolute Gasteiger partial charge is 0.368 e. The van der Waals surface area contributed by atoms with Crippen LogP contribution in [0.5, 0.6) is 0 Å². The van der Waals surface area contributed by atoms with Gasteiger partial charge in [-0.25, -0.2) is 8.78 Å². The zero-order valence-corrected chi connectivity index (χ0v) is 15.0. The lowest BCUT2D eigenvalue weighted by atomic mass is 10.1. The first-order valence-electron chi connectivity index (χ1n) is 8.81. The lowest BCUT2D eigenvalue weighted by molar-refractivity contribution is -0.132. The van der Waals surface area contributed by atoms with Gasteiger partial charge in [-0.15, -0.1) is 0 Å². The fraction of sp³-hybridized carbons (Fsp3) is 0.250. The highest BCUT2D eigenvalue weighted by molar-refractivity contribution is 6.43. The van der Waals surface area contributed by atoms with Crippen LogP contribution in [0, 0.1) is 11.6 Å². The summed E-state index contributed by atoms with van der Waals surface area (Å²) < 4.78 is 26.9. The van der Waals surface area contributed by atoms with Crippen molar-refractivity contribution in [2.75, 3.05) is 37.6 Å². The third-order valence-corrected chi connectivity index (χ3v) is 4.53. The molecule has 2 aromatic rings. The van der Waals surface area contributed by atoms with Crippen molar-refractivity contribution in [2.24, 2.45) is 0 Å². The van der Waals surface area contributed by atoms with Crippen molar-refractivity contribution in [3.05, 3.63) is 65.7 Å². The standard InChI is InChI=1S/C20H19F2N3O3/c21-14-4-3-5-15(12-14)24-8-10-25(11-9-24)18(26)13-23-20(28)19(27)16-6-1-2-7-17(16)22/h1-7,12H,8-11,13H2,(H,23,28). The minimum absolute atomic E-state index is 0.321. The van der Waals surface area contributed by atoms with Crippen LogP contribution in [0.3, 0.4) is 0 Å². The molecule has 1 fully saturated rings. The van der Waals surface area contributed by atoms with Gasteiger partial charge in [0.2, 0.25) is 5.91 Å². The van der Waals surface area contributed by atoms with Crippen molar-refractivity contribution in [3.63, 3.8) is 0 Å². The van der Waals surface area contributed by atoms with Gasteiger partial charge in [-0.05, 0) is 30.3 Å². The van der Waals surface area contributed by atoms with Crippen LogP contribution in [0.2, 0.25) is 0 Å². The Morgan fingerprint density at radius 2 is 1.64 bits per heavy atom. The van der Waals surface area contributed by atoms with Crippen LogP contribution < -0.4 is 10.2 Å². The van der Waals surface area contributed by atoms with Crippen molar-refractivity contribution < 1.29 is 23.2 Å². The Morgan fingerprint density at radius 1 is 0.929 bits per heavy atom. The highest BCUT2D eigenvalue weighted by atomic mass is 19.1. The molecule has 146 valence electrons. The number of nitrogens with zero attached hydrogens (tertiary/aromatic N) is 2. The van der Waals surface area contributed by atoms with E-state index in [2.05, 4.69) is 5.32 Å². The van der Waals surface area contributed by atoms with E-state index in [1.807, 2.05) is 4.90 Å². The van der Waals surface area contributed by atoms with E-state index in [1.54, 1.807) is 17.0 Å². The molecular weight excluding hydrogens is 368 g/mol. The predicted octanol–water partition coefficient (Wildman–Crippen LogP) is 1.61. The van der Waals surface area contributed by atoms with E-state index in [-0.39, 0.29) is 23.8 Å². The van der Waals surface area contributed by atoms with Crippen LogP contribution in [0.25, 0.3) is 0 Å².